The summed E-state index contributed by atoms with van der Waals surface area (Å²) in [5.74, 6) is 3.35. The Bertz CT molecular complexity index is 532. The van der Waals surface area contributed by atoms with Gasteiger partial charge in [-0.3, -0.25) is 14.9 Å². The fourth-order valence-electron chi connectivity index (χ4n) is 0.916. The Hall–Kier alpha value is -1.77. The Morgan fingerprint density at radius 1 is 1.38 bits per heavy atom. The molecule has 0 bridgehead atoms. The summed E-state index contributed by atoms with van der Waals surface area (Å²) in [4.78, 5) is 20.4. The van der Waals surface area contributed by atoms with Crippen LogP contribution in [-0.2, 0) is 4.79 Å². The van der Waals surface area contributed by atoms with Crippen LogP contribution >= 0.6 is 23.2 Å². The van der Waals surface area contributed by atoms with Crippen LogP contribution in [-0.4, -0.2) is 10.8 Å². The lowest BCUT2D eigenvalue weighted by Crippen LogP contribution is -2.06. The molecule has 16 heavy (non-hydrogen) atoms. The lowest BCUT2D eigenvalue weighted by molar-refractivity contribution is -0.385. The maximum atomic E-state index is 10.6. The van der Waals surface area contributed by atoms with Gasteiger partial charge in [0.15, 0.2) is 0 Å². The van der Waals surface area contributed by atoms with E-state index in [4.69, 9.17) is 28.9 Å². The third-order valence-corrected chi connectivity index (χ3v) is 2.28. The molecule has 0 radical (unpaired) electrons. The van der Waals surface area contributed by atoms with Gasteiger partial charge in [0.25, 0.3) is 11.6 Å². The summed E-state index contributed by atoms with van der Waals surface area (Å²) >= 11 is 11.3. The van der Waals surface area contributed by atoms with Crippen LogP contribution in [0.4, 0.5) is 5.69 Å². The third kappa shape index (κ3) is 2.86. The number of amides is 1. The highest BCUT2D eigenvalue weighted by molar-refractivity contribution is 6.42. The van der Waals surface area contributed by atoms with E-state index in [9.17, 15) is 14.9 Å². The normalized spacial score (nSPS) is 9.12. The molecule has 1 rings (SSSR count). The predicted molar refractivity (Wildman–Crippen MR) is 59.2 cm³/mol. The molecular formula is C9H4Cl2N2O3. The first-order valence-electron chi connectivity index (χ1n) is 3.86. The van der Waals surface area contributed by atoms with Crippen LogP contribution in [0.5, 0.6) is 0 Å². The molecule has 7 heteroatoms. The van der Waals surface area contributed by atoms with E-state index < -0.39 is 10.8 Å². The zero-order valence-electron chi connectivity index (χ0n) is 7.66. The molecule has 0 heterocycles. The van der Waals surface area contributed by atoms with Gasteiger partial charge < -0.3 is 5.73 Å². The first kappa shape index (κ1) is 12.3. The highest BCUT2D eigenvalue weighted by atomic mass is 35.5. The van der Waals surface area contributed by atoms with E-state index in [0.29, 0.717) is 0 Å². The highest BCUT2D eigenvalue weighted by Crippen LogP contribution is 2.29. The molecule has 82 valence electrons. The number of primary amides is 1. The van der Waals surface area contributed by atoms with Crippen molar-refractivity contribution in [2.45, 2.75) is 0 Å². The van der Waals surface area contributed by atoms with E-state index in [1.54, 1.807) is 0 Å². The monoisotopic (exact) mass is 258 g/mol. The predicted octanol–water partition coefficient (Wildman–Crippen LogP) is 1.74. The van der Waals surface area contributed by atoms with Crippen LogP contribution in [0.2, 0.25) is 10.0 Å². The van der Waals surface area contributed by atoms with Gasteiger partial charge in [-0.15, -0.1) is 0 Å². The van der Waals surface area contributed by atoms with E-state index in [1.165, 1.54) is 6.07 Å². The van der Waals surface area contributed by atoms with Crippen molar-refractivity contribution in [3.05, 3.63) is 37.9 Å². The fraction of sp³-hybridized carbons (Fsp3) is 0. The first-order valence-corrected chi connectivity index (χ1v) is 4.62. The second-order valence-corrected chi connectivity index (χ2v) is 3.47. The van der Waals surface area contributed by atoms with Crippen molar-refractivity contribution in [1.82, 2.24) is 0 Å². The van der Waals surface area contributed by atoms with E-state index in [0.717, 1.165) is 6.07 Å². The Kier molecular flexibility index (Phi) is 3.72. The molecule has 2 N–H and O–H groups in total. The molecule has 0 aliphatic rings. The van der Waals surface area contributed by atoms with Gasteiger partial charge in [-0.05, 0) is 12.0 Å². The molecule has 1 amide bonds. The minimum atomic E-state index is -0.889. The summed E-state index contributed by atoms with van der Waals surface area (Å²) in [6.07, 6.45) is 0. The minimum Gasteiger partial charge on any atom is -0.359 e. The number of benzene rings is 1. The number of nitrogens with two attached hydrogens (primary N) is 1. The van der Waals surface area contributed by atoms with Gasteiger partial charge >= 0.3 is 0 Å². The molecule has 1 aromatic rings. The number of nitrogens with zero attached hydrogens (tertiary/aromatic N) is 1. The van der Waals surface area contributed by atoms with E-state index in [2.05, 4.69) is 5.92 Å². The quantitative estimate of drug-likeness (QED) is 0.473. The number of halogens is 2. The molecule has 0 atom stereocenters. The van der Waals surface area contributed by atoms with Crippen LogP contribution in [0.15, 0.2) is 12.1 Å². The Morgan fingerprint density at radius 2 is 1.94 bits per heavy atom. The summed E-state index contributed by atoms with van der Waals surface area (Å²) in [5, 5.41) is 10.8. The van der Waals surface area contributed by atoms with Gasteiger partial charge in [-0.25, -0.2) is 0 Å². The van der Waals surface area contributed by atoms with E-state index in [-0.39, 0.29) is 21.3 Å². The van der Waals surface area contributed by atoms with Crippen molar-refractivity contribution in [2.75, 3.05) is 0 Å². The topological polar surface area (TPSA) is 86.2 Å². The third-order valence-electron chi connectivity index (χ3n) is 1.56. The van der Waals surface area contributed by atoms with Crippen LogP contribution in [0.1, 0.15) is 5.56 Å². The fourth-order valence-corrected chi connectivity index (χ4v) is 1.24. The summed E-state index contributed by atoms with van der Waals surface area (Å²) in [5.41, 5.74) is 4.45. The number of nitro groups is 1. The van der Waals surface area contributed by atoms with Crippen molar-refractivity contribution in [3.8, 4) is 11.8 Å². The summed E-state index contributed by atoms with van der Waals surface area (Å²) < 4.78 is 0. The Morgan fingerprint density at radius 3 is 2.44 bits per heavy atom. The molecule has 0 aliphatic heterocycles. The van der Waals surface area contributed by atoms with Crippen LogP contribution < -0.4 is 5.73 Å². The van der Waals surface area contributed by atoms with Crippen molar-refractivity contribution in [2.24, 2.45) is 5.73 Å². The van der Waals surface area contributed by atoms with E-state index in [1.807, 2.05) is 5.92 Å². The lowest BCUT2D eigenvalue weighted by Gasteiger charge is -1.98. The van der Waals surface area contributed by atoms with Crippen LogP contribution in [0.25, 0.3) is 0 Å². The van der Waals surface area contributed by atoms with Crippen molar-refractivity contribution < 1.29 is 9.72 Å². The zero-order chi connectivity index (χ0) is 12.3. The van der Waals surface area contributed by atoms with Crippen LogP contribution in [0, 0.1) is 22.0 Å². The van der Waals surface area contributed by atoms with Gasteiger partial charge in [-0.2, -0.15) is 0 Å². The van der Waals surface area contributed by atoms with Gasteiger partial charge in [-0.1, -0.05) is 23.2 Å². The summed E-state index contributed by atoms with van der Waals surface area (Å²) in [7, 11) is 0. The molecule has 0 spiro atoms. The molecular weight excluding hydrogens is 255 g/mol. The average molecular weight is 259 g/mol. The van der Waals surface area contributed by atoms with Gasteiger partial charge in [0.1, 0.15) is 5.56 Å². The van der Waals surface area contributed by atoms with Crippen LogP contribution in [0.3, 0.4) is 0 Å². The van der Waals surface area contributed by atoms with Crippen molar-refractivity contribution in [3.63, 3.8) is 0 Å². The maximum Gasteiger partial charge on any atom is 0.293 e. The van der Waals surface area contributed by atoms with Crippen molar-refractivity contribution >= 4 is 34.8 Å². The molecule has 0 saturated heterocycles. The van der Waals surface area contributed by atoms with Gasteiger partial charge in [0.05, 0.1) is 15.0 Å². The lowest BCUT2D eigenvalue weighted by atomic mass is 10.2. The molecule has 0 aromatic heterocycles. The van der Waals surface area contributed by atoms with Gasteiger partial charge in [0.2, 0.25) is 0 Å². The number of hydrogen-bond donors (Lipinski definition) is 1. The highest BCUT2D eigenvalue weighted by Gasteiger charge is 2.15. The van der Waals surface area contributed by atoms with Crippen molar-refractivity contribution in [1.29, 1.82) is 0 Å². The Labute approximate surface area is 100 Å². The first-order chi connectivity index (χ1) is 7.41. The largest absolute Gasteiger partial charge is 0.359 e. The number of carbonyl (C=O) groups excluding carboxylic acids is 1. The average Bonchev–Trinajstić information content (AvgIpc) is 2.18. The molecule has 0 aliphatic carbocycles. The number of hydrogen-bond acceptors (Lipinski definition) is 3. The SMILES string of the molecule is NC(=O)C#Cc1cc(Cl)c(Cl)cc1[N+](=O)[O-]. The number of nitro benzene ring substituents is 1. The molecule has 0 unspecified atom stereocenters. The zero-order valence-corrected chi connectivity index (χ0v) is 9.17. The second kappa shape index (κ2) is 4.84. The summed E-state index contributed by atoms with van der Waals surface area (Å²) in [6.45, 7) is 0. The minimum absolute atomic E-state index is 0.0156. The number of carbonyl (C=O) groups is 1. The number of rotatable bonds is 1. The molecule has 1 aromatic carbocycles. The smallest absolute Gasteiger partial charge is 0.293 e. The molecule has 5 nitrogen and oxygen atoms in total. The van der Waals surface area contributed by atoms with E-state index >= 15 is 0 Å². The second-order valence-electron chi connectivity index (χ2n) is 2.65. The van der Waals surface area contributed by atoms with Gasteiger partial charge in [0, 0.05) is 12.0 Å². The maximum absolute atomic E-state index is 10.6. The molecule has 0 fully saturated rings. The Balaban J connectivity index is 3.38. The summed E-state index contributed by atoms with van der Waals surface area (Å²) in [6, 6.07) is 2.27. The standard InChI is InChI=1S/C9H4Cl2N2O3/c10-6-3-5(1-2-9(12)14)8(13(15)16)4-7(6)11/h3-4H,(H2,12,14). The molecule has 0 saturated carbocycles.